The summed E-state index contributed by atoms with van der Waals surface area (Å²) in [5.41, 5.74) is 5.58. The Kier molecular flexibility index (Phi) is 6.64. The minimum Gasteiger partial charge on any atom is -0.507 e. The van der Waals surface area contributed by atoms with E-state index in [1.54, 1.807) is 12.1 Å². The molecule has 8 heteroatoms. The Labute approximate surface area is 212 Å². The third-order valence-corrected chi connectivity index (χ3v) is 6.00. The molecule has 0 bridgehead atoms. The van der Waals surface area contributed by atoms with Gasteiger partial charge in [-0.3, -0.25) is 9.89 Å². The van der Waals surface area contributed by atoms with Gasteiger partial charge in [-0.1, -0.05) is 60.1 Å². The minimum atomic E-state index is -0.454. The van der Waals surface area contributed by atoms with Gasteiger partial charge >= 0.3 is 0 Å². The van der Waals surface area contributed by atoms with E-state index in [4.69, 9.17) is 16.3 Å². The number of amides is 1. The molecule has 7 nitrogen and oxygen atoms in total. The first-order chi connectivity index (χ1) is 17.6. The zero-order chi connectivity index (χ0) is 24.9. The lowest BCUT2D eigenvalue weighted by atomic mass is 10.0. The van der Waals surface area contributed by atoms with Crippen molar-refractivity contribution < 1.29 is 14.6 Å². The number of carbonyl (C=O) groups excluding carboxylic acids is 1. The molecular weight excluding hydrogens is 476 g/mol. The molecular formula is C28H21ClN4O3. The van der Waals surface area contributed by atoms with Crippen molar-refractivity contribution in [2.75, 3.05) is 0 Å². The highest BCUT2D eigenvalue weighted by molar-refractivity contribution is 6.31. The molecule has 5 aromatic rings. The lowest BCUT2D eigenvalue weighted by molar-refractivity contribution is 0.0950. The standard InChI is InChI=1S/C28H21ClN4O3/c29-24-8-4-2-6-20(24)17-36-21-12-9-19(10-13-21)25-15-26(32-31-25)28(35)33-30-16-23-22-7-3-1-5-18(22)11-14-27(23)34/h1-16,34H,17H2,(H,31,32)(H,33,35). The summed E-state index contributed by atoms with van der Waals surface area (Å²) in [5, 5.41) is 23.6. The first-order valence-corrected chi connectivity index (χ1v) is 11.5. The molecule has 0 aliphatic heterocycles. The van der Waals surface area contributed by atoms with Crippen LogP contribution in [0.3, 0.4) is 0 Å². The van der Waals surface area contributed by atoms with Gasteiger partial charge in [0, 0.05) is 21.7 Å². The molecule has 0 spiro atoms. The number of H-pyrrole nitrogens is 1. The number of rotatable bonds is 7. The molecule has 0 fully saturated rings. The zero-order valence-corrected chi connectivity index (χ0v) is 19.7. The number of aromatic hydroxyl groups is 1. The first kappa shape index (κ1) is 23.1. The summed E-state index contributed by atoms with van der Waals surface area (Å²) in [6.07, 6.45) is 1.42. The Bertz CT molecular complexity index is 1560. The molecule has 0 saturated carbocycles. The predicted molar refractivity (Wildman–Crippen MR) is 140 cm³/mol. The molecule has 0 radical (unpaired) electrons. The second-order valence-electron chi connectivity index (χ2n) is 7.99. The van der Waals surface area contributed by atoms with Crippen LogP contribution in [0.2, 0.25) is 5.02 Å². The molecule has 0 atom stereocenters. The van der Waals surface area contributed by atoms with Gasteiger partial charge in [-0.05, 0) is 53.2 Å². The Morgan fingerprint density at radius 1 is 1.03 bits per heavy atom. The second kappa shape index (κ2) is 10.3. The third-order valence-electron chi connectivity index (χ3n) is 5.63. The van der Waals surface area contributed by atoms with E-state index in [0.717, 1.165) is 21.9 Å². The van der Waals surface area contributed by atoms with Crippen molar-refractivity contribution in [2.45, 2.75) is 6.61 Å². The second-order valence-corrected chi connectivity index (χ2v) is 8.40. The molecule has 0 aliphatic carbocycles. The number of ether oxygens (including phenoxy) is 1. The SMILES string of the molecule is O=C(NN=Cc1c(O)ccc2ccccc12)c1cc(-c2ccc(OCc3ccccc3Cl)cc2)n[nH]1. The molecule has 0 saturated heterocycles. The van der Waals surface area contributed by atoms with Crippen molar-refractivity contribution in [2.24, 2.45) is 5.10 Å². The number of benzene rings is 4. The third kappa shape index (κ3) is 5.06. The van der Waals surface area contributed by atoms with Crippen LogP contribution in [0, 0.1) is 0 Å². The van der Waals surface area contributed by atoms with E-state index in [1.807, 2.05) is 78.9 Å². The van der Waals surface area contributed by atoms with Crippen LogP contribution in [0.15, 0.2) is 96.1 Å². The number of halogens is 1. The van der Waals surface area contributed by atoms with E-state index in [1.165, 1.54) is 6.21 Å². The van der Waals surface area contributed by atoms with Gasteiger partial charge in [0.05, 0.1) is 11.9 Å². The first-order valence-electron chi connectivity index (χ1n) is 11.1. The number of phenols is 1. The van der Waals surface area contributed by atoms with Crippen molar-refractivity contribution in [3.63, 3.8) is 0 Å². The molecule has 0 unspecified atom stereocenters. The van der Waals surface area contributed by atoms with E-state index < -0.39 is 5.91 Å². The van der Waals surface area contributed by atoms with Gasteiger partial charge in [0.25, 0.3) is 5.91 Å². The molecule has 1 amide bonds. The molecule has 5 rings (SSSR count). The van der Waals surface area contributed by atoms with Crippen LogP contribution >= 0.6 is 11.6 Å². The Hall–Kier alpha value is -4.62. The fourth-order valence-corrected chi connectivity index (χ4v) is 3.91. The van der Waals surface area contributed by atoms with Gasteiger partial charge in [-0.25, -0.2) is 5.43 Å². The van der Waals surface area contributed by atoms with Gasteiger partial charge in [-0.2, -0.15) is 10.2 Å². The number of hydrazone groups is 1. The average Bonchev–Trinajstić information content (AvgIpc) is 3.40. The fraction of sp³-hybridized carbons (Fsp3) is 0.0357. The van der Waals surface area contributed by atoms with E-state index in [9.17, 15) is 9.90 Å². The maximum absolute atomic E-state index is 12.5. The normalized spacial score (nSPS) is 11.1. The number of fused-ring (bicyclic) bond motifs is 1. The highest BCUT2D eigenvalue weighted by Crippen LogP contribution is 2.26. The van der Waals surface area contributed by atoms with Gasteiger partial charge in [-0.15, -0.1) is 0 Å². The van der Waals surface area contributed by atoms with Crippen molar-refractivity contribution in [3.8, 4) is 22.8 Å². The molecule has 178 valence electrons. The number of nitrogens with one attached hydrogen (secondary N) is 2. The van der Waals surface area contributed by atoms with E-state index >= 15 is 0 Å². The van der Waals surface area contributed by atoms with Crippen LogP contribution < -0.4 is 10.2 Å². The number of carbonyl (C=O) groups is 1. The number of hydrogen-bond donors (Lipinski definition) is 3. The highest BCUT2D eigenvalue weighted by Gasteiger charge is 2.11. The van der Waals surface area contributed by atoms with Crippen LogP contribution in [0.1, 0.15) is 21.6 Å². The van der Waals surface area contributed by atoms with Crippen LogP contribution in [0.4, 0.5) is 0 Å². The van der Waals surface area contributed by atoms with Crippen molar-refractivity contribution in [1.82, 2.24) is 15.6 Å². The van der Waals surface area contributed by atoms with E-state index in [2.05, 4.69) is 20.7 Å². The largest absolute Gasteiger partial charge is 0.507 e. The topological polar surface area (TPSA) is 99.6 Å². The minimum absolute atomic E-state index is 0.0785. The number of aromatic amines is 1. The summed E-state index contributed by atoms with van der Waals surface area (Å²) in [6.45, 7) is 0.364. The Balaban J connectivity index is 1.22. The smallest absolute Gasteiger partial charge is 0.289 e. The summed E-state index contributed by atoms with van der Waals surface area (Å²) in [5.74, 6) is 0.317. The molecule has 36 heavy (non-hydrogen) atoms. The number of aromatic nitrogens is 2. The van der Waals surface area contributed by atoms with Crippen LogP contribution in [0.25, 0.3) is 22.0 Å². The fourth-order valence-electron chi connectivity index (χ4n) is 3.72. The summed E-state index contributed by atoms with van der Waals surface area (Å²) < 4.78 is 5.81. The molecule has 1 heterocycles. The van der Waals surface area contributed by atoms with E-state index in [-0.39, 0.29) is 11.4 Å². The molecule has 3 N–H and O–H groups in total. The molecule has 0 aliphatic rings. The Morgan fingerprint density at radius 3 is 2.64 bits per heavy atom. The van der Waals surface area contributed by atoms with Crippen molar-refractivity contribution in [3.05, 3.63) is 113 Å². The van der Waals surface area contributed by atoms with Crippen LogP contribution in [-0.2, 0) is 6.61 Å². The number of hydrogen-bond acceptors (Lipinski definition) is 5. The summed E-state index contributed by atoms with van der Waals surface area (Å²) >= 11 is 6.17. The van der Waals surface area contributed by atoms with Gasteiger partial charge < -0.3 is 9.84 Å². The monoisotopic (exact) mass is 496 g/mol. The van der Waals surface area contributed by atoms with Crippen LogP contribution in [0.5, 0.6) is 11.5 Å². The quantitative estimate of drug-likeness (QED) is 0.192. The summed E-state index contributed by atoms with van der Waals surface area (Å²) in [4.78, 5) is 12.5. The maximum Gasteiger partial charge on any atom is 0.289 e. The molecule has 1 aromatic heterocycles. The van der Waals surface area contributed by atoms with Gasteiger partial charge in [0.1, 0.15) is 23.8 Å². The lowest BCUT2D eigenvalue weighted by Gasteiger charge is -2.08. The van der Waals surface area contributed by atoms with E-state index in [0.29, 0.717) is 28.6 Å². The highest BCUT2D eigenvalue weighted by atomic mass is 35.5. The Morgan fingerprint density at radius 2 is 1.81 bits per heavy atom. The predicted octanol–water partition coefficient (Wildman–Crippen LogP) is 5.93. The number of nitrogens with zero attached hydrogens (tertiary/aromatic N) is 2. The summed E-state index contributed by atoms with van der Waals surface area (Å²) in [7, 11) is 0. The average molecular weight is 497 g/mol. The maximum atomic E-state index is 12.5. The molecule has 4 aromatic carbocycles. The van der Waals surface area contributed by atoms with Crippen molar-refractivity contribution >= 4 is 34.5 Å². The van der Waals surface area contributed by atoms with Crippen LogP contribution in [-0.4, -0.2) is 27.4 Å². The van der Waals surface area contributed by atoms with Crippen molar-refractivity contribution in [1.29, 1.82) is 0 Å². The zero-order valence-electron chi connectivity index (χ0n) is 19.0. The summed E-state index contributed by atoms with van der Waals surface area (Å²) in [6, 6.07) is 27.6. The van der Waals surface area contributed by atoms with Gasteiger partial charge in [0.2, 0.25) is 0 Å². The number of phenolic OH excluding ortho intramolecular Hbond substituents is 1. The lowest BCUT2D eigenvalue weighted by Crippen LogP contribution is -2.18. The van der Waals surface area contributed by atoms with Gasteiger partial charge in [0.15, 0.2) is 0 Å².